The van der Waals surface area contributed by atoms with Crippen LogP contribution < -0.4 is 4.74 Å². The third-order valence-corrected chi connectivity index (χ3v) is 6.98. The van der Waals surface area contributed by atoms with Crippen molar-refractivity contribution in [3.05, 3.63) is 42.2 Å². The van der Waals surface area contributed by atoms with E-state index in [1.54, 1.807) is 6.08 Å². The zero-order valence-electron chi connectivity index (χ0n) is 17.0. The van der Waals surface area contributed by atoms with Gasteiger partial charge in [0, 0.05) is 0 Å². The number of halogens is 1. The molecule has 0 atom stereocenters. The number of ether oxygens (including phenoxy) is 1. The van der Waals surface area contributed by atoms with Crippen molar-refractivity contribution in [3.8, 4) is 5.75 Å². The molecule has 1 nitrogen and oxygen atoms in total. The van der Waals surface area contributed by atoms with Gasteiger partial charge in [-0.3, -0.25) is 0 Å². The Kier molecular flexibility index (Phi) is 8.23. The van der Waals surface area contributed by atoms with E-state index in [-0.39, 0.29) is 0 Å². The molecular weight excluding hydrogens is 335 g/mol. The number of benzene rings is 1. The first kappa shape index (κ1) is 20.4. The summed E-state index contributed by atoms with van der Waals surface area (Å²) in [7, 11) is 0. The molecule has 150 valence electrons. The minimum atomic E-state index is 0.704. The predicted octanol–water partition coefficient (Wildman–Crippen LogP) is 7.82. The molecule has 2 heteroatoms. The summed E-state index contributed by atoms with van der Waals surface area (Å²) < 4.78 is 17.8. The SMILES string of the molecule is CCCOc1ccc(C2CCC(C3CCC(CC/C=C/F)CC3)CC2)cc1. The highest BCUT2D eigenvalue weighted by Gasteiger charge is 2.31. The van der Waals surface area contributed by atoms with Gasteiger partial charge in [0.15, 0.2) is 0 Å². The van der Waals surface area contributed by atoms with Gasteiger partial charge in [0.05, 0.1) is 12.9 Å². The molecule has 0 unspecified atom stereocenters. The van der Waals surface area contributed by atoms with Crippen LogP contribution in [0, 0.1) is 17.8 Å². The molecule has 0 saturated heterocycles. The zero-order chi connectivity index (χ0) is 18.9. The molecule has 3 rings (SSSR count). The van der Waals surface area contributed by atoms with Crippen LogP contribution in [0.3, 0.4) is 0 Å². The maximum atomic E-state index is 12.1. The van der Waals surface area contributed by atoms with E-state index >= 15 is 0 Å². The topological polar surface area (TPSA) is 9.23 Å². The van der Waals surface area contributed by atoms with E-state index in [4.69, 9.17) is 4.74 Å². The van der Waals surface area contributed by atoms with Crippen LogP contribution in [0.15, 0.2) is 36.7 Å². The molecule has 0 radical (unpaired) electrons. The standard InChI is InChI=1S/C25H37FO/c1-2-19-27-25-16-14-24(15-17-25)23-12-10-22(11-13-23)21-8-6-20(7-9-21)5-3-4-18-26/h4,14-18,20-23H,2-3,5-13,19H2,1H3/b18-4+. The molecule has 27 heavy (non-hydrogen) atoms. The van der Waals surface area contributed by atoms with Gasteiger partial charge < -0.3 is 4.74 Å². The van der Waals surface area contributed by atoms with Gasteiger partial charge in [-0.1, -0.05) is 38.0 Å². The minimum Gasteiger partial charge on any atom is -0.494 e. The van der Waals surface area contributed by atoms with E-state index in [2.05, 4.69) is 31.2 Å². The van der Waals surface area contributed by atoms with E-state index in [9.17, 15) is 4.39 Å². The van der Waals surface area contributed by atoms with Gasteiger partial charge in [0.1, 0.15) is 5.75 Å². The van der Waals surface area contributed by atoms with Crippen molar-refractivity contribution in [1.82, 2.24) is 0 Å². The van der Waals surface area contributed by atoms with E-state index < -0.39 is 0 Å². The van der Waals surface area contributed by atoms with Crippen molar-refractivity contribution < 1.29 is 9.13 Å². The molecule has 1 aromatic rings. The number of hydrogen-bond acceptors (Lipinski definition) is 1. The molecule has 1 aromatic carbocycles. The van der Waals surface area contributed by atoms with E-state index in [0.717, 1.165) is 48.9 Å². The van der Waals surface area contributed by atoms with Gasteiger partial charge in [0.25, 0.3) is 0 Å². The Morgan fingerprint density at radius 3 is 2.15 bits per heavy atom. The molecule has 2 saturated carbocycles. The molecule has 2 aliphatic carbocycles. The third-order valence-electron chi connectivity index (χ3n) is 6.98. The first-order chi connectivity index (χ1) is 13.3. The number of hydrogen-bond donors (Lipinski definition) is 0. The van der Waals surface area contributed by atoms with Gasteiger partial charge in [-0.25, -0.2) is 4.39 Å². The Morgan fingerprint density at radius 1 is 0.926 bits per heavy atom. The lowest BCUT2D eigenvalue weighted by Gasteiger charge is -2.38. The molecule has 0 heterocycles. The maximum absolute atomic E-state index is 12.1. The summed E-state index contributed by atoms with van der Waals surface area (Å²) in [5, 5.41) is 0. The highest BCUT2D eigenvalue weighted by molar-refractivity contribution is 5.29. The van der Waals surface area contributed by atoms with Crippen LogP contribution in [0.2, 0.25) is 0 Å². The van der Waals surface area contributed by atoms with Crippen molar-refractivity contribution in [2.45, 2.75) is 83.5 Å². The number of rotatable bonds is 8. The van der Waals surface area contributed by atoms with Crippen molar-refractivity contribution >= 4 is 0 Å². The molecule has 0 bridgehead atoms. The second kappa shape index (κ2) is 10.9. The lowest BCUT2D eigenvalue weighted by molar-refractivity contribution is 0.157. The van der Waals surface area contributed by atoms with Gasteiger partial charge >= 0.3 is 0 Å². The quantitative estimate of drug-likeness (QED) is 0.452. The normalized spacial score (nSPS) is 29.1. The highest BCUT2D eigenvalue weighted by Crippen LogP contribution is 2.44. The van der Waals surface area contributed by atoms with E-state index in [1.165, 1.54) is 63.4 Å². The molecule has 0 N–H and O–H groups in total. The third kappa shape index (κ3) is 6.09. The summed E-state index contributed by atoms with van der Waals surface area (Å²) in [6.45, 7) is 2.95. The summed E-state index contributed by atoms with van der Waals surface area (Å²) in [6, 6.07) is 8.87. The van der Waals surface area contributed by atoms with Crippen LogP contribution >= 0.6 is 0 Å². The predicted molar refractivity (Wildman–Crippen MR) is 112 cm³/mol. The number of allylic oxidation sites excluding steroid dienone is 1. The Bertz CT molecular complexity index is 548. The van der Waals surface area contributed by atoms with Crippen LogP contribution in [0.5, 0.6) is 5.75 Å². The highest BCUT2D eigenvalue weighted by atomic mass is 19.1. The van der Waals surface area contributed by atoms with Gasteiger partial charge in [0.2, 0.25) is 0 Å². The summed E-state index contributed by atoms with van der Waals surface area (Å²) >= 11 is 0. The minimum absolute atomic E-state index is 0.704. The van der Waals surface area contributed by atoms with Crippen molar-refractivity contribution in [2.75, 3.05) is 6.61 Å². The molecule has 2 aliphatic rings. The van der Waals surface area contributed by atoms with Crippen molar-refractivity contribution in [3.63, 3.8) is 0 Å². The Labute approximate surface area is 165 Å². The zero-order valence-corrected chi connectivity index (χ0v) is 17.0. The monoisotopic (exact) mass is 372 g/mol. The second-order valence-electron chi connectivity index (χ2n) is 8.75. The molecular formula is C25H37FO. The Hall–Kier alpha value is -1.31. The first-order valence-corrected chi connectivity index (χ1v) is 11.3. The van der Waals surface area contributed by atoms with Crippen molar-refractivity contribution in [2.24, 2.45) is 17.8 Å². The van der Waals surface area contributed by atoms with Gasteiger partial charge in [-0.05, 0) is 99.2 Å². The lowest BCUT2D eigenvalue weighted by Crippen LogP contribution is -2.25. The molecule has 0 amide bonds. The van der Waals surface area contributed by atoms with Crippen LogP contribution in [0.4, 0.5) is 4.39 Å². The van der Waals surface area contributed by atoms with Crippen LogP contribution in [0.1, 0.15) is 89.0 Å². The maximum Gasteiger partial charge on any atom is 0.119 e. The van der Waals surface area contributed by atoms with Crippen LogP contribution in [-0.4, -0.2) is 6.61 Å². The molecule has 0 spiro atoms. The smallest absolute Gasteiger partial charge is 0.119 e. The molecule has 0 aromatic heterocycles. The average molecular weight is 373 g/mol. The average Bonchev–Trinajstić information content (AvgIpc) is 2.73. The molecule has 2 fully saturated rings. The van der Waals surface area contributed by atoms with Gasteiger partial charge in [-0.2, -0.15) is 0 Å². The second-order valence-corrected chi connectivity index (χ2v) is 8.75. The van der Waals surface area contributed by atoms with E-state index in [0.29, 0.717) is 6.33 Å². The summed E-state index contributed by atoms with van der Waals surface area (Å²) in [5.41, 5.74) is 1.50. The Morgan fingerprint density at radius 2 is 1.56 bits per heavy atom. The fourth-order valence-corrected chi connectivity index (χ4v) is 5.32. The lowest BCUT2D eigenvalue weighted by atomic mass is 9.68. The summed E-state index contributed by atoms with van der Waals surface area (Å²) in [6.07, 6.45) is 16.6. The van der Waals surface area contributed by atoms with Gasteiger partial charge in [-0.15, -0.1) is 0 Å². The Balaban J connectivity index is 1.40. The fraction of sp³-hybridized carbons (Fsp3) is 0.680. The van der Waals surface area contributed by atoms with Crippen LogP contribution in [0.25, 0.3) is 0 Å². The molecule has 0 aliphatic heterocycles. The summed E-state index contributed by atoms with van der Waals surface area (Å²) in [5.74, 6) is 4.48. The fourth-order valence-electron chi connectivity index (χ4n) is 5.32. The largest absolute Gasteiger partial charge is 0.494 e. The van der Waals surface area contributed by atoms with Crippen molar-refractivity contribution in [1.29, 1.82) is 0 Å². The van der Waals surface area contributed by atoms with Crippen LogP contribution in [-0.2, 0) is 0 Å². The first-order valence-electron chi connectivity index (χ1n) is 11.3. The van der Waals surface area contributed by atoms with E-state index in [1.807, 2.05) is 0 Å². The summed E-state index contributed by atoms with van der Waals surface area (Å²) in [4.78, 5) is 0.